The second-order valence-corrected chi connectivity index (χ2v) is 9.01. The zero-order valence-corrected chi connectivity index (χ0v) is 17.0. The summed E-state index contributed by atoms with van der Waals surface area (Å²) in [6.07, 6.45) is 0.578. The first-order valence-electron chi connectivity index (χ1n) is 9.31. The highest BCUT2D eigenvalue weighted by atomic mass is 32.2. The van der Waals surface area contributed by atoms with Gasteiger partial charge in [0.05, 0.1) is 9.82 Å². The molecule has 0 aromatic heterocycles. The number of nitrogens with zero attached hydrogens (tertiary/aromatic N) is 3. The topological polar surface area (TPSA) is 83.8 Å². The molecule has 0 spiro atoms. The third kappa shape index (κ3) is 4.96. The van der Waals surface area contributed by atoms with Gasteiger partial charge >= 0.3 is 5.51 Å². The number of rotatable bonds is 5. The van der Waals surface area contributed by atoms with Crippen molar-refractivity contribution in [2.45, 2.75) is 23.4 Å². The molecule has 2 aromatic rings. The van der Waals surface area contributed by atoms with Gasteiger partial charge in [0.25, 0.3) is 15.5 Å². The van der Waals surface area contributed by atoms with Gasteiger partial charge in [0.2, 0.25) is 0 Å². The number of hydrogen-bond donors (Lipinski definition) is 0. The van der Waals surface area contributed by atoms with E-state index in [1.807, 2.05) is 4.90 Å². The zero-order valence-electron chi connectivity index (χ0n) is 16.2. The Morgan fingerprint density at radius 1 is 1.03 bits per heavy atom. The number of sulfone groups is 1. The van der Waals surface area contributed by atoms with Gasteiger partial charge in [-0.2, -0.15) is 13.2 Å². The van der Waals surface area contributed by atoms with Crippen LogP contribution in [0.15, 0.2) is 47.4 Å². The summed E-state index contributed by atoms with van der Waals surface area (Å²) in [4.78, 5) is 13.0. The molecular formula is C19H19F4N3O4S. The molecule has 0 amide bonds. The van der Waals surface area contributed by atoms with E-state index < -0.39 is 30.9 Å². The molecule has 0 unspecified atom stereocenters. The van der Waals surface area contributed by atoms with E-state index in [-0.39, 0.29) is 11.5 Å². The number of halogens is 4. The first-order chi connectivity index (χ1) is 14.5. The van der Waals surface area contributed by atoms with Crippen LogP contribution in [-0.4, -0.2) is 49.9 Å². The molecule has 0 saturated carbocycles. The van der Waals surface area contributed by atoms with Crippen LogP contribution in [0.3, 0.4) is 0 Å². The Morgan fingerprint density at radius 3 is 2.39 bits per heavy atom. The first kappa shape index (κ1) is 22.9. The van der Waals surface area contributed by atoms with Crippen molar-refractivity contribution in [2.24, 2.45) is 0 Å². The minimum atomic E-state index is -5.70. The fourth-order valence-corrected chi connectivity index (χ4v) is 4.24. The monoisotopic (exact) mass is 461 g/mol. The van der Waals surface area contributed by atoms with Gasteiger partial charge in [-0.05, 0) is 24.6 Å². The minimum absolute atomic E-state index is 0.0406. The fourth-order valence-electron chi connectivity index (χ4n) is 3.46. The van der Waals surface area contributed by atoms with Gasteiger partial charge < -0.3 is 4.90 Å². The van der Waals surface area contributed by atoms with Crippen LogP contribution in [0.4, 0.5) is 28.9 Å². The number of nitro groups is 1. The van der Waals surface area contributed by atoms with Crippen LogP contribution in [0, 0.1) is 15.9 Å². The Kier molecular flexibility index (Phi) is 6.51. The maximum absolute atomic E-state index is 13.9. The quantitative estimate of drug-likeness (QED) is 0.383. The Balaban J connectivity index is 1.82. The van der Waals surface area contributed by atoms with E-state index in [0.717, 1.165) is 12.1 Å². The third-order valence-corrected chi connectivity index (χ3v) is 6.52. The second-order valence-electron chi connectivity index (χ2n) is 7.06. The average molecular weight is 461 g/mol. The SMILES string of the molecule is O=[N+]([O-])c1cc(S(=O)(=O)C(F)(F)F)ccc1N1CCCN(Cc2ccccc2F)CC1. The molecule has 1 aliphatic rings. The number of anilines is 1. The molecule has 3 rings (SSSR count). The molecule has 1 heterocycles. The number of hydrogen-bond acceptors (Lipinski definition) is 6. The molecule has 0 bridgehead atoms. The van der Waals surface area contributed by atoms with Crippen LogP contribution in [0.2, 0.25) is 0 Å². The Bertz CT molecular complexity index is 1080. The van der Waals surface area contributed by atoms with Crippen LogP contribution < -0.4 is 4.90 Å². The summed E-state index contributed by atoms with van der Waals surface area (Å²) in [5.74, 6) is -0.333. The van der Waals surface area contributed by atoms with Gasteiger partial charge in [-0.1, -0.05) is 18.2 Å². The van der Waals surface area contributed by atoms with Crippen molar-refractivity contribution in [1.29, 1.82) is 0 Å². The lowest BCUT2D eigenvalue weighted by atomic mass is 10.2. The van der Waals surface area contributed by atoms with Crippen molar-refractivity contribution in [3.05, 3.63) is 64.0 Å². The van der Waals surface area contributed by atoms with Gasteiger partial charge in [0.15, 0.2) is 0 Å². The predicted molar refractivity (Wildman–Crippen MR) is 105 cm³/mol. The molecule has 0 radical (unpaired) electrons. The van der Waals surface area contributed by atoms with Crippen molar-refractivity contribution in [3.8, 4) is 0 Å². The molecule has 0 atom stereocenters. The average Bonchev–Trinajstić information content (AvgIpc) is 2.94. The summed E-state index contributed by atoms with van der Waals surface area (Å²) in [5, 5.41) is 11.5. The number of nitro benzene ring substituents is 1. The molecule has 2 aromatic carbocycles. The molecule has 0 aliphatic carbocycles. The van der Waals surface area contributed by atoms with Crippen LogP contribution in [-0.2, 0) is 16.4 Å². The number of benzene rings is 2. The van der Waals surface area contributed by atoms with Crippen molar-refractivity contribution < 1.29 is 30.9 Å². The Hall–Kier alpha value is -2.73. The standard InChI is InChI=1S/C19H19F4N3O4S/c20-16-5-2-1-4-14(16)13-24-8-3-9-25(11-10-24)17-7-6-15(12-18(17)26(27)28)31(29,30)19(21,22)23/h1-2,4-7,12H,3,8-11,13H2. The van der Waals surface area contributed by atoms with Gasteiger partial charge in [-0.15, -0.1) is 0 Å². The summed E-state index contributed by atoms with van der Waals surface area (Å²) in [6, 6.07) is 8.55. The molecule has 1 aliphatic heterocycles. The molecule has 7 nitrogen and oxygen atoms in total. The first-order valence-corrected chi connectivity index (χ1v) is 10.8. The summed E-state index contributed by atoms with van der Waals surface area (Å²) in [7, 11) is -5.70. The molecule has 1 fully saturated rings. The summed E-state index contributed by atoms with van der Waals surface area (Å²) >= 11 is 0. The van der Waals surface area contributed by atoms with E-state index in [1.165, 1.54) is 6.07 Å². The molecular weight excluding hydrogens is 442 g/mol. The second kappa shape index (κ2) is 8.79. The van der Waals surface area contributed by atoms with Crippen LogP contribution >= 0.6 is 0 Å². The lowest BCUT2D eigenvalue weighted by Crippen LogP contribution is -2.31. The molecule has 168 valence electrons. The molecule has 1 saturated heterocycles. The van der Waals surface area contributed by atoms with E-state index >= 15 is 0 Å². The smallest absolute Gasteiger partial charge is 0.365 e. The minimum Gasteiger partial charge on any atom is -0.365 e. The van der Waals surface area contributed by atoms with E-state index in [4.69, 9.17) is 0 Å². The maximum atomic E-state index is 13.9. The Labute approximate surface area is 175 Å². The van der Waals surface area contributed by atoms with Crippen molar-refractivity contribution in [1.82, 2.24) is 4.90 Å². The van der Waals surface area contributed by atoms with Gasteiger partial charge in [0, 0.05) is 44.4 Å². The van der Waals surface area contributed by atoms with Crippen LogP contribution in [0.25, 0.3) is 0 Å². The van der Waals surface area contributed by atoms with E-state index in [2.05, 4.69) is 0 Å². The van der Waals surface area contributed by atoms with E-state index in [0.29, 0.717) is 50.8 Å². The van der Waals surface area contributed by atoms with Crippen LogP contribution in [0.1, 0.15) is 12.0 Å². The van der Waals surface area contributed by atoms with Crippen molar-refractivity contribution in [3.63, 3.8) is 0 Å². The maximum Gasteiger partial charge on any atom is 0.501 e. The zero-order chi connectivity index (χ0) is 22.8. The number of alkyl halides is 3. The summed E-state index contributed by atoms with van der Waals surface area (Å²) in [6.45, 7) is 2.07. The predicted octanol–water partition coefficient (Wildman–Crippen LogP) is 3.74. The third-order valence-electron chi connectivity index (χ3n) is 5.04. The highest BCUT2D eigenvalue weighted by Crippen LogP contribution is 2.36. The van der Waals surface area contributed by atoms with Crippen molar-refractivity contribution >= 4 is 21.2 Å². The fraction of sp³-hybridized carbons (Fsp3) is 0.368. The van der Waals surface area contributed by atoms with Crippen LogP contribution in [0.5, 0.6) is 0 Å². The highest BCUT2D eigenvalue weighted by molar-refractivity contribution is 7.92. The highest BCUT2D eigenvalue weighted by Gasteiger charge is 2.47. The van der Waals surface area contributed by atoms with Crippen molar-refractivity contribution in [2.75, 3.05) is 31.1 Å². The largest absolute Gasteiger partial charge is 0.501 e. The Morgan fingerprint density at radius 2 is 1.74 bits per heavy atom. The lowest BCUT2D eigenvalue weighted by molar-refractivity contribution is -0.384. The summed E-state index contributed by atoms with van der Waals surface area (Å²) < 4.78 is 75.6. The lowest BCUT2D eigenvalue weighted by Gasteiger charge is -2.24. The molecule has 12 heteroatoms. The van der Waals surface area contributed by atoms with Gasteiger partial charge in [-0.25, -0.2) is 12.8 Å². The van der Waals surface area contributed by atoms with E-state index in [9.17, 15) is 36.1 Å². The molecule has 0 N–H and O–H groups in total. The van der Waals surface area contributed by atoms with Gasteiger partial charge in [0.1, 0.15) is 11.5 Å². The van der Waals surface area contributed by atoms with Gasteiger partial charge in [-0.3, -0.25) is 15.0 Å². The van der Waals surface area contributed by atoms with E-state index in [1.54, 1.807) is 23.1 Å². The molecule has 31 heavy (non-hydrogen) atoms. The normalized spacial score (nSPS) is 16.2. The summed E-state index contributed by atoms with van der Waals surface area (Å²) in [5.41, 5.74) is -5.71.